The molecule has 1 saturated heterocycles. The van der Waals surface area contributed by atoms with Gasteiger partial charge in [-0.2, -0.15) is 0 Å². The summed E-state index contributed by atoms with van der Waals surface area (Å²) in [5.41, 5.74) is 0.671. The Kier molecular flexibility index (Phi) is 3.89. The summed E-state index contributed by atoms with van der Waals surface area (Å²) < 4.78 is 5.24. The van der Waals surface area contributed by atoms with Crippen LogP contribution in [-0.4, -0.2) is 42.8 Å². The van der Waals surface area contributed by atoms with E-state index in [1.54, 1.807) is 18.2 Å². The van der Waals surface area contributed by atoms with Crippen molar-refractivity contribution >= 4 is 11.4 Å². The Morgan fingerprint density at radius 3 is 2.76 bits per heavy atom. The van der Waals surface area contributed by atoms with Crippen LogP contribution in [0.3, 0.4) is 0 Å². The third-order valence-corrected chi connectivity index (χ3v) is 2.70. The first-order valence-corrected chi connectivity index (χ1v) is 5.55. The Hall–Kier alpha value is -1.66. The maximum absolute atomic E-state index is 10.8. The van der Waals surface area contributed by atoms with Gasteiger partial charge in [-0.3, -0.25) is 15.0 Å². The SMILES string of the molecule is O=[N+]([O-])c1ccccc1NCN1CCOCC1. The minimum absolute atomic E-state index is 0.112. The van der Waals surface area contributed by atoms with Gasteiger partial charge in [-0.1, -0.05) is 12.1 Å². The van der Waals surface area contributed by atoms with E-state index in [-0.39, 0.29) is 10.6 Å². The Morgan fingerprint density at radius 1 is 1.35 bits per heavy atom. The normalized spacial score (nSPS) is 16.7. The van der Waals surface area contributed by atoms with Crippen LogP contribution in [-0.2, 0) is 4.74 Å². The summed E-state index contributed by atoms with van der Waals surface area (Å²) in [5.74, 6) is 0. The summed E-state index contributed by atoms with van der Waals surface area (Å²) in [5, 5.41) is 13.9. The quantitative estimate of drug-likeness (QED) is 0.631. The number of hydrogen-bond donors (Lipinski definition) is 1. The van der Waals surface area contributed by atoms with Crippen molar-refractivity contribution in [3.63, 3.8) is 0 Å². The topological polar surface area (TPSA) is 67.6 Å². The van der Waals surface area contributed by atoms with Crippen LogP contribution in [0.4, 0.5) is 11.4 Å². The average Bonchev–Trinajstić information content (AvgIpc) is 2.38. The first-order chi connectivity index (χ1) is 8.27. The number of nitrogens with one attached hydrogen (secondary N) is 1. The predicted molar refractivity (Wildman–Crippen MR) is 64.0 cm³/mol. The molecule has 92 valence electrons. The lowest BCUT2D eigenvalue weighted by Gasteiger charge is -2.26. The highest BCUT2D eigenvalue weighted by Gasteiger charge is 2.14. The monoisotopic (exact) mass is 237 g/mol. The smallest absolute Gasteiger partial charge is 0.292 e. The second-order valence-corrected chi connectivity index (χ2v) is 3.84. The summed E-state index contributed by atoms with van der Waals surface area (Å²) in [4.78, 5) is 12.6. The van der Waals surface area contributed by atoms with Gasteiger partial charge in [0.15, 0.2) is 0 Å². The standard InChI is InChI=1S/C11H15N3O3/c15-14(16)11-4-2-1-3-10(11)12-9-13-5-7-17-8-6-13/h1-4,12H,5-9H2. The van der Waals surface area contributed by atoms with Crippen LogP contribution in [0.1, 0.15) is 0 Å². The number of ether oxygens (including phenoxy) is 1. The molecule has 0 aromatic heterocycles. The molecule has 1 aromatic carbocycles. The minimum Gasteiger partial charge on any atom is -0.379 e. The maximum Gasteiger partial charge on any atom is 0.292 e. The molecule has 1 heterocycles. The van der Waals surface area contributed by atoms with E-state index in [2.05, 4.69) is 10.2 Å². The number of hydrogen-bond acceptors (Lipinski definition) is 5. The highest BCUT2D eigenvalue weighted by atomic mass is 16.6. The summed E-state index contributed by atoms with van der Waals surface area (Å²) in [7, 11) is 0. The van der Waals surface area contributed by atoms with Crippen LogP contribution in [0, 0.1) is 10.1 Å². The van der Waals surface area contributed by atoms with Crippen molar-refractivity contribution in [3.05, 3.63) is 34.4 Å². The van der Waals surface area contributed by atoms with Gasteiger partial charge in [-0.25, -0.2) is 0 Å². The second-order valence-electron chi connectivity index (χ2n) is 3.84. The van der Waals surface area contributed by atoms with Gasteiger partial charge in [0.25, 0.3) is 5.69 Å². The number of nitro groups is 1. The molecule has 1 N–H and O–H groups in total. The highest BCUT2D eigenvalue weighted by molar-refractivity contribution is 5.60. The summed E-state index contributed by atoms with van der Waals surface area (Å²) in [6, 6.07) is 6.67. The van der Waals surface area contributed by atoms with Gasteiger partial charge < -0.3 is 10.1 Å². The van der Waals surface area contributed by atoms with E-state index >= 15 is 0 Å². The van der Waals surface area contributed by atoms with Crippen LogP contribution in [0.15, 0.2) is 24.3 Å². The van der Waals surface area contributed by atoms with Crippen molar-refractivity contribution < 1.29 is 9.66 Å². The molecule has 0 radical (unpaired) electrons. The van der Waals surface area contributed by atoms with Gasteiger partial charge in [-0.15, -0.1) is 0 Å². The summed E-state index contributed by atoms with van der Waals surface area (Å²) >= 11 is 0. The Balaban J connectivity index is 1.96. The third-order valence-electron chi connectivity index (χ3n) is 2.70. The zero-order valence-electron chi connectivity index (χ0n) is 9.46. The van der Waals surface area contributed by atoms with Crippen LogP contribution >= 0.6 is 0 Å². The summed E-state index contributed by atoms with van der Waals surface area (Å²) in [6.45, 7) is 3.76. The van der Waals surface area contributed by atoms with Crippen LogP contribution in [0.2, 0.25) is 0 Å². The molecular formula is C11H15N3O3. The van der Waals surface area contributed by atoms with Gasteiger partial charge in [-0.05, 0) is 6.07 Å². The van der Waals surface area contributed by atoms with Crippen molar-refractivity contribution in [1.29, 1.82) is 0 Å². The van der Waals surface area contributed by atoms with Crippen molar-refractivity contribution in [3.8, 4) is 0 Å². The number of nitro benzene ring substituents is 1. The number of anilines is 1. The van der Waals surface area contributed by atoms with Crippen molar-refractivity contribution in [2.45, 2.75) is 0 Å². The predicted octanol–water partition coefficient (Wildman–Crippen LogP) is 1.30. The molecule has 0 amide bonds. The van der Waals surface area contributed by atoms with Crippen molar-refractivity contribution in [2.75, 3.05) is 38.3 Å². The van der Waals surface area contributed by atoms with E-state index < -0.39 is 0 Å². The van der Waals surface area contributed by atoms with Crippen LogP contribution in [0.5, 0.6) is 0 Å². The fraction of sp³-hybridized carbons (Fsp3) is 0.455. The maximum atomic E-state index is 10.8. The molecule has 17 heavy (non-hydrogen) atoms. The molecule has 0 aliphatic carbocycles. The molecule has 2 rings (SSSR count). The molecule has 6 heteroatoms. The molecule has 1 aliphatic heterocycles. The van der Waals surface area contributed by atoms with Crippen LogP contribution in [0.25, 0.3) is 0 Å². The zero-order chi connectivity index (χ0) is 12.1. The van der Waals surface area contributed by atoms with Gasteiger partial charge in [0.1, 0.15) is 5.69 Å². The molecule has 0 atom stereocenters. The lowest BCUT2D eigenvalue weighted by molar-refractivity contribution is -0.384. The van der Waals surface area contributed by atoms with E-state index in [0.717, 1.165) is 26.3 Å². The largest absolute Gasteiger partial charge is 0.379 e. The number of para-hydroxylation sites is 2. The second kappa shape index (κ2) is 5.60. The van der Waals surface area contributed by atoms with Gasteiger partial charge >= 0.3 is 0 Å². The minimum atomic E-state index is -0.373. The number of benzene rings is 1. The molecule has 1 aliphatic rings. The molecule has 0 bridgehead atoms. The van der Waals surface area contributed by atoms with E-state index in [0.29, 0.717) is 12.4 Å². The Labute approximate surface area is 99.3 Å². The zero-order valence-corrected chi connectivity index (χ0v) is 9.46. The van der Waals surface area contributed by atoms with Gasteiger partial charge in [0.2, 0.25) is 0 Å². The highest BCUT2D eigenvalue weighted by Crippen LogP contribution is 2.22. The number of rotatable bonds is 4. The molecule has 0 spiro atoms. The Bertz CT molecular complexity index is 391. The van der Waals surface area contributed by atoms with Gasteiger partial charge in [0.05, 0.1) is 24.8 Å². The average molecular weight is 237 g/mol. The van der Waals surface area contributed by atoms with E-state index in [9.17, 15) is 10.1 Å². The lowest BCUT2D eigenvalue weighted by Crippen LogP contribution is -2.39. The molecule has 1 aromatic rings. The lowest BCUT2D eigenvalue weighted by atomic mass is 10.3. The summed E-state index contributed by atoms with van der Waals surface area (Å²) in [6.07, 6.45) is 0. The van der Waals surface area contributed by atoms with Crippen molar-refractivity contribution in [2.24, 2.45) is 0 Å². The van der Waals surface area contributed by atoms with E-state index in [1.165, 1.54) is 6.07 Å². The fourth-order valence-electron chi connectivity index (χ4n) is 1.74. The number of nitrogens with zero attached hydrogens (tertiary/aromatic N) is 2. The molecule has 0 saturated carbocycles. The van der Waals surface area contributed by atoms with E-state index in [1.807, 2.05) is 0 Å². The Morgan fingerprint density at radius 2 is 2.06 bits per heavy atom. The molecule has 6 nitrogen and oxygen atoms in total. The molecular weight excluding hydrogens is 222 g/mol. The van der Waals surface area contributed by atoms with E-state index in [4.69, 9.17) is 4.74 Å². The fourth-order valence-corrected chi connectivity index (χ4v) is 1.74. The third kappa shape index (κ3) is 3.15. The van der Waals surface area contributed by atoms with Crippen LogP contribution < -0.4 is 5.32 Å². The molecule has 0 unspecified atom stereocenters. The first-order valence-electron chi connectivity index (χ1n) is 5.55. The van der Waals surface area contributed by atoms with Crippen molar-refractivity contribution in [1.82, 2.24) is 4.90 Å². The van der Waals surface area contributed by atoms with Gasteiger partial charge in [0, 0.05) is 19.2 Å². The molecule has 1 fully saturated rings. The number of morpholine rings is 1. The first kappa shape index (κ1) is 11.8.